The molecule has 0 aliphatic heterocycles. The summed E-state index contributed by atoms with van der Waals surface area (Å²) in [6, 6.07) is 1.97. The van der Waals surface area contributed by atoms with E-state index in [4.69, 9.17) is 22.1 Å². The normalized spacial score (nSPS) is 12.5. The van der Waals surface area contributed by atoms with Crippen molar-refractivity contribution in [2.24, 2.45) is 5.73 Å². The van der Waals surface area contributed by atoms with Crippen molar-refractivity contribution < 1.29 is 9.53 Å². The number of hydrogen-bond acceptors (Lipinski definition) is 4. The third-order valence-electron chi connectivity index (χ3n) is 2.44. The summed E-state index contributed by atoms with van der Waals surface area (Å²) >= 11 is 7.50. The Kier molecular flexibility index (Phi) is 5.95. The van der Waals surface area contributed by atoms with E-state index in [-0.39, 0.29) is 12.0 Å². The molecule has 0 bridgehead atoms. The molecule has 2 N–H and O–H groups in total. The molecule has 96 valence electrons. The molecule has 1 heterocycles. The summed E-state index contributed by atoms with van der Waals surface area (Å²) in [6.45, 7) is 4.21. The summed E-state index contributed by atoms with van der Waals surface area (Å²) in [7, 11) is 0. The fourth-order valence-corrected chi connectivity index (χ4v) is 2.76. The fourth-order valence-electron chi connectivity index (χ4n) is 1.51. The number of nitrogens with two attached hydrogens (primary N) is 1. The maximum absolute atomic E-state index is 11.1. The lowest BCUT2D eigenvalue weighted by Crippen LogP contribution is -2.10. The summed E-state index contributed by atoms with van der Waals surface area (Å²) in [5.41, 5.74) is 7.10. The van der Waals surface area contributed by atoms with E-state index in [2.05, 4.69) is 0 Å². The van der Waals surface area contributed by atoms with Crippen LogP contribution >= 0.6 is 22.9 Å². The molecule has 0 aliphatic rings. The Balaban J connectivity index is 2.34. The number of carbonyl (C=O) groups is 1. The van der Waals surface area contributed by atoms with Gasteiger partial charge in [0, 0.05) is 17.3 Å². The average Bonchev–Trinajstić information content (AvgIpc) is 2.59. The molecule has 0 aromatic carbocycles. The minimum absolute atomic E-state index is 0.0411. The van der Waals surface area contributed by atoms with Crippen LogP contribution in [0, 0.1) is 6.92 Å². The van der Waals surface area contributed by atoms with E-state index in [1.807, 2.05) is 13.0 Å². The van der Waals surface area contributed by atoms with E-state index in [1.54, 1.807) is 6.92 Å². The van der Waals surface area contributed by atoms with Crippen molar-refractivity contribution in [2.45, 2.75) is 39.2 Å². The molecule has 0 spiro atoms. The molecule has 1 aromatic rings. The van der Waals surface area contributed by atoms with E-state index >= 15 is 0 Å². The number of hydrogen-bond donors (Lipinski definition) is 1. The second-order valence-electron chi connectivity index (χ2n) is 3.91. The van der Waals surface area contributed by atoms with Gasteiger partial charge in [0.2, 0.25) is 0 Å². The Morgan fingerprint density at radius 1 is 1.65 bits per heavy atom. The smallest absolute Gasteiger partial charge is 0.305 e. The van der Waals surface area contributed by atoms with Crippen molar-refractivity contribution in [3.63, 3.8) is 0 Å². The average molecular weight is 276 g/mol. The minimum Gasteiger partial charge on any atom is -0.466 e. The van der Waals surface area contributed by atoms with Crippen molar-refractivity contribution in [1.82, 2.24) is 0 Å². The van der Waals surface area contributed by atoms with Gasteiger partial charge in [-0.1, -0.05) is 11.6 Å². The van der Waals surface area contributed by atoms with Gasteiger partial charge in [-0.15, -0.1) is 11.3 Å². The number of carbonyl (C=O) groups excluding carboxylic acids is 1. The van der Waals surface area contributed by atoms with E-state index in [1.165, 1.54) is 11.3 Å². The van der Waals surface area contributed by atoms with Crippen LogP contribution in [0.25, 0.3) is 0 Å². The Morgan fingerprint density at radius 3 is 2.88 bits per heavy atom. The molecule has 0 fully saturated rings. The van der Waals surface area contributed by atoms with Crippen LogP contribution in [0.5, 0.6) is 0 Å². The van der Waals surface area contributed by atoms with E-state index in [9.17, 15) is 4.79 Å². The highest BCUT2D eigenvalue weighted by atomic mass is 35.5. The third kappa shape index (κ3) is 4.66. The van der Waals surface area contributed by atoms with Crippen LogP contribution in [0.4, 0.5) is 0 Å². The minimum atomic E-state index is -0.153. The molecule has 1 aromatic heterocycles. The number of rotatable bonds is 6. The Labute approximate surface area is 111 Å². The van der Waals surface area contributed by atoms with Crippen molar-refractivity contribution in [2.75, 3.05) is 6.61 Å². The van der Waals surface area contributed by atoms with Crippen molar-refractivity contribution in [1.29, 1.82) is 0 Å². The van der Waals surface area contributed by atoms with Gasteiger partial charge < -0.3 is 10.5 Å². The van der Waals surface area contributed by atoms with Crippen LogP contribution in [-0.4, -0.2) is 12.6 Å². The molecule has 3 nitrogen and oxygen atoms in total. The van der Waals surface area contributed by atoms with Gasteiger partial charge in [-0.2, -0.15) is 0 Å². The number of aryl methyl sites for hydroxylation is 1. The van der Waals surface area contributed by atoms with Crippen molar-refractivity contribution in [3.8, 4) is 0 Å². The molecule has 0 amide bonds. The fraction of sp³-hybridized carbons (Fsp3) is 0.583. The Hall–Kier alpha value is -0.580. The third-order valence-corrected chi connectivity index (χ3v) is 4.13. The summed E-state index contributed by atoms with van der Waals surface area (Å²) in [6.07, 6.45) is 1.95. The van der Waals surface area contributed by atoms with E-state index < -0.39 is 0 Å². The second-order valence-corrected chi connectivity index (χ2v) is 5.60. The van der Waals surface area contributed by atoms with Crippen molar-refractivity contribution >= 4 is 28.9 Å². The van der Waals surface area contributed by atoms with Crippen LogP contribution in [0.15, 0.2) is 6.07 Å². The molecule has 1 rings (SSSR count). The van der Waals surface area contributed by atoms with Crippen LogP contribution < -0.4 is 5.73 Å². The number of esters is 1. The zero-order valence-corrected chi connectivity index (χ0v) is 11.7. The maximum atomic E-state index is 11.1. The highest BCUT2D eigenvalue weighted by molar-refractivity contribution is 7.16. The standard InChI is InChI=1S/C12H18ClNO2S/c1-3-16-11(15)6-4-5-9(14)10-7-8(2)12(13)17-10/h7,9H,3-6,14H2,1-2H3. The van der Waals surface area contributed by atoms with Crippen LogP contribution in [0.1, 0.15) is 42.7 Å². The monoisotopic (exact) mass is 275 g/mol. The first-order chi connectivity index (χ1) is 8.04. The highest BCUT2D eigenvalue weighted by Gasteiger charge is 2.12. The van der Waals surface area contributed by atoms with Gasteiger partial charge in [-0.05, 0) is 38.3 Å². The van der Waals surface area contributed by atoms with Crippen LogP contribution in [0.3, 0.4) is 0 Å². The molecule has 5 heteroatoms. The van der Waals surface area contributed by atoms with E-state index in [0.717, 1.165) is 27.6 Å². The molecular weight excluding hydrogens is 258 g/mol. The highest BCUT2D eigenvalue weighted by Crippen LogP contribution is 2.31. The summed E-state index contributed by atoms with van der Waals surface area (Å²) in [4.78, 5) is 12.2. The zero-order chi connectivity index (χ0) is 12.8. The van der Waals surface area contributed by atoms with Gasteiger partial charge in [0.1, 0.15) is 0 Å². The number of halogens is 1. The maximum Gasteiger partial charge on any atom is 0.305 e. The molecule has 0 saturated carbocycles. The predicted molar refractivity (Wildman–Crippen MR) is 71.5 cm³/mol. The Morgan fingerprint density at radius 2 is 2.35 bits per heavy atom. The molecule has 0 radical (unpaired) electrons. The first-order valence-electron chi connectivity index (χ1n) is 5.71. The first kappa shape index (κ1) is 14.5. The molecule has 1 unspecified atom stereocenters. The topological polar surface area (TPSA) is 52.3 Å². The van der Waals surface area contributed by atoms with Crippen LogP contribution in [-0.2, 0) is 9.53 Å². The van der Waals surface area contributed by atoms with Gasteiger partial charge in [-0.3, -0.25) is 4.79 Å². The van der Waals surface area contributed by atoms with Crippen LogP contribution in [0.2, 0.25) is 4.34 Å². The van der Waals surface area contributed by atoms with Crippen molar-refractivity contribution in [3.05, 3.63) is 20.8 Å². The largest absolute Gasteiger partial charge is 0.466 e. The molecule has 0 aliphatic carbocycles. The quantitative estimate of drug-likeness (QED) is 0.809. The zero-order valence-electron chi connectivity index (χ0n) is 10.2. The van der Waals surface area contributed by atoms with Gasteiger partial charge in [0.25, 0.3) is 0 Å². The lowest BCUT2D eigenvalue weighted by molar-refractivity contribution is -0.143. The number of ether oxygens (including phenoxy) is 1. The van der Waals surface area contributed by atoms with Gasteiger partial charge in [-0.25, -0.2) is 0 Å². The second kappa shape index (κ2) is 6.99. The Bertz CT molecular complexity index is 359. The first-order valence-corrected chi connectivity index (χ1v) is 6.91. The SMILES string of the molecule is CCOC(=O)CCCC(N)c1cc(C)c(Cl)s1. The molecule has 0 saturated heterocycles. The number of thiophene rings is 1. The lowest BCUT2D eigenvalue weighted by atomic mass is 10.1. The predicted octanol–water partition coefficient (Wildman–Crippen LogP) is 3.44. The lowest BCUT2D eigenvalue weighted by Gasteiger charge is -2.08. The summed E-state index contributed by atoms with van der Waals surface area (Å²) < 4.78 is 5.65. The van der Waals surface area contributed by atoms with Gasteiger partial charge in [0.05, 0.1) is 10.9 Å². The molecule has 1 atom stereocenters. The van der Waals surface area contributed by atoms with Gasteiger partial charge in [0.15, 0.2) is 0 Å². The molecular formula is C12H18ClNO2S. The summed E-state index contributed by atoms with van der Waals surface area (Å²) in [5.74, 6) is -0.153. The summed E-state index contributed by atoms with van der Waals surface area (Å²) in [5, 5.41) is 0. The van der Waals surface area contributed by atoms with E-state index in [0.29, 0.717) is 13.0 Å². The van der Waals surface area contributed by atoms with Gasteiger partial charge >= 0.3 is 5.97 Å². The molecule has 17 heavy (non-hydrogen) atoms.